The minimum Gasteiger partial charge on any atom is -0.454 e. The average molecular weight is 407 g/mol. The second kappa shape index (κ2) is 7.46. The van der Waals surface area contributed by atoms with Gasteiger partial charge in [0.05, 0.1) is 27.0 Å². The lowest BCUT2D eigenvalue weighted by Gasteiger charge is -2.14. The zero-order valence-electron chi connectivity index (χ0n) is 14.7. The number of nitriles is 1. The van der Waals surface area contributed by atoms with Gasteiger partial charge in [-0.05, 0) is 30.3 Å². The second-order valence-electron chi connectivity index (χ2n) is 5.95. The third-order valence-electron chi connectivity index (χ3n) is 4.24. The van der Waals surface area contributed by atoms with Crippen molar-refractivity contribution in [2.75, 3.05) is 18.6 Å². The Morgan fingerprint density at radius 1 is 1.25 bits per heavy atom. The van der Waals surface area contributed by atoms with Crippen LogP contribution in [0.5, 0.6) is 0 Å². The maximum atomic E-state index is 12.6. The molecule has 2 heterocycles. The third-order valence-corrected chi connectivity index (χ3v) is 6.27. The van der Waals surface area contributed by atoms with Crippen LogP contribution in [0, 0.1) is 11.3 Å². The quantitative estimate of drug-likeness (QED) is 0.367. The van der Waals surface area contributed by atoms with E-state index >= 15 is 0 Å². The fraction of sp³-hybridized carbons (Fsp3) is 0.100. The number of rotatable bonds is 4. The number of hydrogen-bond acceptors (Lipinski definition) is 8. The third kappa shape index (κ3) is 3.26. The Morgan fingerprint density at radius 2 is 2.07 bits per heavy atom. The van der Waals surface area contributed by atoms with E-state index in [2.05, 4.69) is 4.98 Å². The first-order chi connectivity index (χ1) is 13.6. The number of carbonyl (C=O) groups excluding carboxylic acids is 2. The van der Waals surface area contributed by atoms with E-state index in [1.165, 1.54) is 23.1 Å². The number of para-hydroxylation sites is 1. The molecule has 138 valence electrons. The average Bonchev–Trinajstić information content (AvgIpc) is 3.31. The van der Waals surface area contributed by atoms with Gasteiger partial charge in [-0.1, -0.05) is 23.9 Å². The first-order valence-corrected chi connectivity index (χ1v) is 9.96. The zero-order chi connectivity index (χ0) is 19.7. The minimum atomic E-state index is -0.610. The molecule has 1 aliphatic heterocycles. The monoisotopic (exact) mass is 407 g/mol. The molecule has 0 bridgehead atoms. The zero-order valence-corrected chi connectivity index (χ0v) is 16.3. The lowest BCUT2D eigenvalue weighted by Crippen LogP contribution is -2.20. The predicted octanol–water partition coefficient (Wildman–Crippen LogP) is 4.00. The summed E-state index contributed by atoms with van der Waals surface area (Å²) >= 11 is 2.77. The Kier molecular flexibility index (Phi) is 4.86. The van der Waals surface area contributed by atoms with Gasteiger partial charge in [0.25, 0.3) is 0 Å². The van der Waals surface area contributed by atoms with Crippen LogP contribution in [0.4, 0.5) is 5.69 Å². The van der Waals surface area contributed by atoms with Crippen LogP contribution in [0.25, 0.3) is 10.2 Å². The fourth-order valence-electron chi connectivity index (χ4n) is 2.82. The van der Waals surface area contributed by atoms with Crippen LogP contribution in [-0.4, -0.2) is 30.4 Å². The lowest BCUT2D eigenvalue weighted by molar-refractivity contribution is -0.118. The van der Waals surface area contributed by atoms with Crippen LogP contribution in [-0.2, 0) is 9.53 Å². The van der Waals surface area contributed by atoms with Gasteiger partial charge in [-0.15, -0.1) is 11.3 Å². The Hall–Kier alpha value is -3.15. The topological polar surface area (TPSA) is 83.3 Å². The maximum Gasteiger partial charge on any atom is 0.338 e. The molecular formula is C20H13N3O3S2. The van der Waals surface area contributed by atoms with Crippen molar-refractivity contribution in [3.8, 4) is 6.07 Å². The minimum absolute atomic E-state index is 0.0191. The van der Waals surface area contributed by atoms with E-state index in [0.29, 0.717) is 10.6 Å². The summed E-state index contributed by atoms with van der Waals surface area (Å²) in [6.07, 6.45) is 0. The molecule has 0 atom stereocenters. The van der Waals surface area contributed by atoms with Gasteiger partial charge in [0, 0.05) is 11.9 Å². The summed E-state index contributed by atoms with van der Waals surface area (Å²) in [4.78, 5) is 31.8. The standard InChI is InChI=1S/C20H13N3O3S2/c1-23-15-4-2-3-5-17(15)28-19(23)13(9-21)16(24)10-26-20(25)12-6-7-14-18(8-12)27-11-22-14/h2-8,11H,10H2,1H3/b19-13+. The predicted molar refractivity (Wildman–Crippen MR) is 108 cm³/mol. The highest BCUT2D eigenvalue weighted by molar-refractivity contribution is 8.03. The number of benzene rings is 2. The molecule has 0 radical (unpaired) electrons. The maximum absolute atomic E-state index is 12.6. The number of aromatic nitrogens is 1. The highest BCUT2D eigenvalue weighted by Crippen LogP contribution is 2.46. The van der Waals surface area contributed by atoms with Gasteiger partial charge in [-0.25, -0.2) is 9.78 Å². The number of thioether (sulfide) groups is 1. The van der Waals surface area contributed by atoms with E-state index in [1.54, 1.807) is 35.7 Å². The highest BCUT2D eigenvalue weighted by Gasteiger charge is 2.28. The number of fused-ring (bicyclic) bond motifs is 2. The van der Waals surface area contributed by atoms with Crippen molar-refractivity contribution in [1.82, 2.24) is 4.98 Å². The van der Waals surface area contributed by atoms with E-state index in [-0.39, 0.29) is 5.57 Å². The number of carbonyl (C=O) groups is 2. The molecule has 1 aliphatic rings. The Balaban J connectivity index is 1.49. The Bertz CT molecular complexity index is 1180. The molecule has 2 aromatic carbocycles. The summed E-state index contributed by atoms with van der Waals surface area (Å²) in [7, 11) is 1.80. The van der Waals surface area contributed by atoms with Crippen LogP contribution < -0.4 is 4.90 Å². The molecule has 0 spiro atoms. The van der Waals surface area contributed by atoms with E-state index in [4.69, 9.17) is 4.74 Å². The van der Waals surface area contributed by atoms with Gasteiger partial charge in [0.2, 0.25) is 5.78 Å². The molecule has 1 aromatic heterocycles. The largest absolute Gasteiger partial charge is 0.454 e. The number of thiazole rings is 1. The first kappa shape index (κ1) is 18.2. The van der Waals surface area contributed by atoms with Gasteiger partial charge in [-0.2, -0.15) is 5.26 Å². The van der Waals surface area contributed by atoms with Crippen molar-refractivity contribution < 1.29 is 14.3 Å². The van der Waals surface area contributed by atoms with E-state index in [1.807, 2.05) is 30.3 Å². The Labute approximate surface area is 169 Å². The summed E-state index contributed by atoms with van der Waals surface area (Å²) < 4.78 is 6.02. The molecule has 4 rings (SSSR count). The van der Waals surface area contributed by atoms with Crippen LogP contribution in [0.3, 0.4) is 0 Å². The smallest absolute Gasteiger partial charge is 0.338 e. The summed E-state index contributed by atoms with van der Waals surface area (Å²) in [6, 6.07) is 14.6. The number of anilines is 1. The highest BCUT2D eigenvalue weighted by atomic mass is 32.2. The van der Waals surface area contributed by atoms with Crippen LogP contribution in [0.1, 0.15) is 10.4 Å². The molecule has 0 amide bonds. The molecule has 3 aromatic rings. The second-order valence-corrected chi connectivity index (χ2v) is 7.87. The molecule has 0 saturated carbocycles. The van der Waals surface area contributed by atoms with Crippen LogP contribution in [0.2, 0.25) is 0 Å². The van der Waals surface area contributed by atoms with Gasteiger partial charge in [-0.3, -0.25) is 4.79 Å². The number of ketones is 1. The van der Waals surface area contributed by atoms with Crippen molar-refractivity contribution >= 4 is 50.8 Å². The molecule has 0 aliphatic carbocycles. The molecule has 28 heavy (non-hydrogen) atoms. The molecular weight excluding hydrogens is 394 g/mol. The van der Waals surface area contributed by atoms with Crippen molar-refractivity contribution in [2.45, 2.75) is 4.90 Å². The normalized spacial score (nSPS) is 14.5. The molecule has 0 fully saturated rings. The fourth-order valence-corrected chi connectivity index (χ4v) is 4.70. The van der Waals surface area contributed by atoms with Crippen LogP contribution >= 0.6 is 23.1 Å². The Morgan fingerprint density at radius 3 is 2.86 bits per heavy atom. The molecule has 8 heteroatoms. The number of ether oxygens (including phenoxy) is 1. The summed E-state index contributed by atoms with van der Waals surface area (Å²) in [5.74, 6) is -1.14. The van der Waals surface area contributed by atoms with Crippen molar-refractivity contribution in [2.24, 2.45) is 0 Å². The van der Waals surface area contributed by atoms with Gasteiger partial charge < -0.3 is 9.64 Å². The molecule has 0 unspecified atom stereocenters. The molecule has 0 saturated heterocycles. The van der Waals surface area contributed by atoms with Gasteiger partial charge in [0.15, 0.2) is 6.61 Å². The summed E-state index contributed by atoms with van der Waals surface area (Å²) in [5, 5.41) is 10.1. The number of hydrogen-bond donors (Lipinski definition) is 0. The summed E-state index contributed by atoms with van der Waals surface area (Å²) in [5.41, 5.74) is 3.75. The van der Waals surface area contributed by atoms with Gasteiger partial charge in [0.1, 0.15) is 16.7 Å². The van der Waals surface area contributed by atoms with Crippen molar-refractivity contribution in [3.63, 3.8) is 0 Å². The molecule has 0 N–H and O–H groups in total. The molecule has 6 nitrogen and oxygen atoms in total. The van der Waals surface area contributed by atoms with E-state index in [0.717, 1.165) is 20.8 Å². The summed E-state index contributed by atoms with van der Waals surface area (Å²) in [6.45, 7) is -0.489. The lowest BCUT2D eigenvalue weighted by atomic mass is 10.2. The first-order valence-electron chi connectivity index (χ1n) is 8.27. The van der Waals surface area contributed by atoms with Crippen LogP contribution in [0.15, 0.2) is 63.5 Å². The van der Waals surface area contributed by atoms with Crippen molar-refractivity contribution in [1.29, 1.82) is 5.26 Å². The van der Waals surface area contributed by atoms with E-state index in [9.17, 15) is 14.9 Å². The van der Waals surface area contributed by atoms with Crippen molar-refractivity contribution in [3.05, 3.63) is 64.1 Å². The van der Waals surface area contributed by atoms with E-state index < -0.39 is 18.4 Å². The SMILES string of the molecule is CN1/C(=C(/C#N)C(=O)COC(=O)c2ccc3ncsc3c2)Sc2ccccc21. The number of esters is 1. The number of Topliss-reactive ketones (excluding diaryl/α,β-unsaturated/α-hetero) is 1. The van der Waals surface area contributed by atoms with Gasteiger partial charge >= 0.3 is 5.97 Å². The number of nitrogens with zero attached hydrogens (tertiary/aromatic N) is 3.